The average molecular weight is 284 g/mol. The molecule has 0 saturated carbocycles. The molecule has 2 heterocycles. The fourth-order valence-electron chi connectivity index (χ4n) is 2.18. The maximum Gasteiger partial charge on any atom is 0.215 e. The van der Waals surface area contributed by atoms with Crippen molar-refractivity contribution >= 4 is 17.1 Å². The molecule has 2 N–H and O–H groups in total. The van der Waals surface area contributed by atoms with Gasteiger partial charge >= 0.3 is 0 Å². The highest BCUT2D eigenvalue weighted by Gasteiger charge is 2.11. The Bertz CT molecular complexity index is 765. The molecule has 0 amide bonds. The minimum Gasteiger partial charge on any atom is -0.497 e. The number of rotatable bonds is 4. The molecule has 0 spiro atoms. The Balaban J connectivity index is 2.00. The van der Waals surface area contributed by atoms with E-state index in [1.54, 1.807) is 20.3 Å². The lowest BCUT2D eigenvalue weighted by atomic mass is 10.2. The molecule has 0 fully saturated rings. The normalized spacial score (nSPS) is 10.8. The summed E-state index contributed by atoms with van der Waals surface area (Å²) in [7, 11) is 3.23. The number of ether oxygens (including phenoxy) is 2. The van der Waals surface area contributed by atoms with E-state index in [4.69, 9.17) is 15.2 Å². The summed E-state index contributed by atoms with van der Waals surface area (Å²) in [4.78, 5) is 8.73. The van der Waals surface area contributed by atoms with Gasteiger partial charge in [0.25, 0.3) is 0 Å². The Kier molecular flexibility index (Phi) is 3.35. The number of hydrogen-bond acceptors (Lipinski definition) is 5. The molecule has 0 atom stereocenters. The molecule has 0 unspecified atom stereocenters. The third-order valence-corrected chi connectivity index (χ3v) is 3.31. The number of anilines is 1. The number of imidazole rings is 1. The number of nitrogens with two attached hydrogens (primary N) is 1. The summed E-state index contributed by atoms with van der Waals surface area (Å²) < 4.78 is 12.2. The minimum atomic E-state index is 0.432. The van der Waals surface area contributed by atoms with Crippen LogP contribution in [0.15, 0.2) is 36.4 Å². The van der Waals surface area contributed by atoms with E-state index in [1.165, 1.54) is 0 Å². The molecule has 0 radical (unpaired) electrons. The van der Waals surface area contributed by atoms with Crippen LogP contribution in [-0.4, -0.2) is 28.8 Å². The summed E-state index contributed by atoms with van der Waals surface area (Å²) in [6.45, 7) is 0.590. The zero-order valence-corrected chi connectivity index (χ0v) is 11.9. The molecule has 108 valence electrons. The first-order valence-corrected chi connectivity index (χ1v) is 6.51. The van der Waals surface area contributed by atoms with Crippen LogP contribution in [0.4, 0.5) is 5.95 Å². The van der Waals surface area contributed by atoms with E-state index >= 15 is 0 Å². The first-order chi connectivity index (χ1) is 10.2. The highest BCUT2D eigenvalue weighted by Crippen LogP contribution is 2.21. The summed E-state index contributed by atoms with van der Waals surface area (Å²) in [5.74, 6) is 1.79. The van der Waals surface area contributed by atoms with Crippen LogP contribution in [0.3, 0.4) is 0 Å². The summed E-state index contributed by atoms with van der Waals surface area (Å²) in [6.07, 6.45) is 0. The minimum absolute atomic E-state index is 0.432. The van der Waals surface area contributed by atoms with Crippen LogP contribution in [-0.2, 0) is 6.54 Å². The van der Waals surface area contributed by atoms with Crippen LogP contribution in [0, 0.1) is 0 Å². The highest BCUT2D eigenvalue weighted by molar-refractivity contribution is 5.75. The summed E-state index contributed by atoms with van der Waals surface area (Å²) in [5.41, 5.74) is 8.55. The fourth-order valence-corrected chi connectivity index (χ4v) is 2.18. The quantitative estimate of drug-likeness (QED) is 0.794. The molecule has 21 heavy (non-hydrogen) atoms. The van der Waals surface area contributed by atoms with Crippen molar-refractivity contribution < 1.29 is 9.47 Å². The maximum atomic E-state index is 6.00. The molecule has 0 aliphatic carbocycles. The zero-order valence-electron chi connectivity index (χ0n) is 11.9. The van der Waals surface area contributed by atoms with Crippen LogP contribution in [0.1, 0.15) is 5.56 Å². The number of benzene rings is 1. The van der Waals surface area contributed by atoms with Crippen LogP contribution < -0.4 is 15.2 Å². The van der Waals surface area contributed by atoms with Crippen molar-refractivity contribution in [2.75, 3.05) is 20.0 Å². The van der Waals surface area contributed by atoms with E-state index in [2.05, 4.69) is 9.97 Å². The van der Waals surface area contributed by atoms with Gasteiger partial charge in [-0.15, -0.1) is 0 Å². The SMILES string of the molecule is COc1ccc(Cn2c(N)nc3ccc(OC)nc32)cc1. The lowest BCUT2D eigenvalue weighted by Crippen LogP contribution is -2.05. The predicted octanol–water partition coefficient (Wildman–Crippen LogP) is 2.08. The van der Waals surface area contributed by atoms with Gasteiger partial charge in [0.05, 0.1) is 20.8 Å². The first-order valence-electron chi connectivity index (χ1n) is 6.51. The van der Waals surface area contributed by atoms with Crippen LogP contribution in [0.5, 0.6) is 11.6 Å². The van der Waals surface area contributed by atoms with Crippen molar-refractivity contribution in [3.63, 3.8) is 0 Å². The van der Waals surface area contributed by atoms with Crippen molar-refractivity contribution in [1.82, 2.24) is 14.5 Å². The molecule has 6 heteroatoms. The third-order valence-electron chi connectivity index (χ3n) is 3.31. The molecule has 0 aliphatic rings. The van der Waals surface area contributed by atoms with Gasteiger partial charge in [0, 0.05) is 6.07 Å². The second-order valence-electron chi connectivity index (χ2n) is 4.60. The molecule has 3 aromatic rings. The van der Waals surface area contributed by atoms with Gasteiger partial charge in [-0.1, -0.05) is 12.1 Å². The van der Waals surface area contributed by atoms with Gasteiger partial charge in [0.1, 0.15) is 11.3 Å². The number of pyridine rings is 1. The number of aromatic nitrogens is 3. The Morgan fingerprint density at radius 2 is 1.76 bits per heavy atom. The van der Waals surface area contributed by atoms with Gasteiger partial charge < -0.3 is 15.2 Å². The van der Waals surface area contributed by atoms with Gasteiger partial charge in [-0.2, -0.15) is 4.98 Å². The van der Waals surface area contributed by atoms with Crippen molar-refractivity contribution in [2.24, 2.45) is 0 Å². The Morgan fingerprint density at radius 1 is 1.00 bits per heavy atom. The van der Waals surface area contributed by atoms with Gasteiger partial charge in [0.15, 0.2) is 5.65 Å². The average Bonchev–Trinajstić information content (AvgIpc) is 2.83. The number of nitrogens with zero attached hydrogens (tertiary/aromatic N) is 3. The van der Waals surface area contributed by atoms with Crippen molar-refractivity contribution in [1.29, 1.82) is 0 Å². The Morgan fingerprint density at radius 3 is 2.43 bits per heavy atom. The number of hydrogen-bond donors (Lipinski definition) is 1. The third kappa shape index (κ3) is 2.47. The molecular formula is C15H16N4O2. The lowest BCUT2D eigenvalue weighted by molar-refractivity contribution is 0.399. The van der Waals surface area contributed by atoms with Crippen molar-refractivity contribution in [2.45, 2.75) is 6.54 Å². The largest absolute Gasteiger partial charge is 0.497 e. The molecule has 0 bridgehead atoms. The summed E-state index contributed by atoms with van der Waals surface area (Å²) in [6, 6.07) is 11.4. The standard InChI is InChI=1S/C15H16N4O2/c1-20-11-5-3-10(4-6-11)9-19-14-12(17-15(19)16)7-8-13(18-14)21-2/h3-8H,9H2,1-2H3,(H2,16,17). The summed E-state index contributed by atoms with van der Waals surface area (Å²) in [5, 5.41) is 0. The highest BCUT2D eigenvalue weighted by atomic mass is 16.5. The van der Waals surface area contributed by atoms with Gasteiger partial charge in [-0.05, 0) is 23.8 Å². The van der Waals surface area contributed by atoms with E-state index in [1.807, 2.05) is 34.9 Å². The van der Waals surface area contributed by atoms with Crippen LogP contribution in [0.2, 0.25) is 0 Å². The van der Waals surface area contributed by atoms with Gasteiger partial charge in [-0.3, -0.25) is 4.57 Å². The Hall–Kier alpha value is -2.76. The topological polar surface area (TPSA) is 75.2 Å². The summed E-state index contributed by atoms with van der Waals surface area (Å²) >= 11 is 0. The van der Waals surface area contributed by atoms with Crippen molar-refractivity contribution in [3.8, 4) is 11.6 Å². The number of fused-ring (bicyclic) bond motifs is 1. The van der Waals surface area contributed by atoms with Crippen molar-refractivity contribution in [3.05, 3.63) is 42.0 Å². The molecular weight excluding hydrogens is 268 g/mol. The van der Waals surface area contributed by atoms with E-state index in [-0.39, 0.29) is 0 Å². The maximum absolute atomic E-state index is 6.00. The predicted molar refractivity (Wildman–Crippen MR) is 80.6 cm³/mol. The number of methoxy groups -OCH3 is 2. The van der Waals surface area contributed by atoms with E-state index in [0.29, 0.717) is 24.0 Å². The van der Waals surface area contributed by atoms with E-state index in [0.717, 1.165) is 16.8 Å². The van der Waals surface area contributed by atoms with Crippen LogP contribution >= 0.6 is 0 Å². The second-order valence-corrected chi connectivity index (χ2v) is 4.60. The van der Waals surface area contributed by atoms with Gasteiger partial charge in [0.2, 0.25) is 11.8 Å². The smallest absolute Gasteiger partial charge is 0.215 e. The molecule has 0 aliphatic heterocycles. The van der Waals surface area contributed by atoms with Crippen LogP contribution in [0.25, 0.3) is 11.2 Å². The second kappa shape index (κ2) is 5.32. The molecule has 2 aromatic heterocycles. The lowest BCUT2D eigenvalue weighted by Gasteiger charge is -2.07. The monoisotopic (exact) mass is 284 g/mol. The fraction of sp³-hybridized carbons (Fsp3) is 0.200. The molecule has 1 aromatic carbocycles. The molecule has 3 rings (SSSR count). The first kappa shape index (κ1) is 13.2. The van der Waals surface area contributed by atoms with E-state index < -0.39 is 0 Å². The van der Waals surface area contributed by atoms with E-state index in [9.17, 15) is 0 Å². The molecule has 0 saturated heterocycles. The zero-order chi connectivity index (χ0) is 14.8. The Labute approximate surface area is 122 Å². The molecule has 6 nitrogen and oxygen atoms in total. The van der Waals surface area contributed by atoms with Gasteiger partial charge in [-0.25, -0.2) is 4.98 Å². The number of nitrogen functional groups attached to an aromatic ring is 1.